The lowest BCUT2D eigenvalue weighted by atomic mass is 9.98. The number of nitrogens with one attached hydrogen (secondary N) is 1. The number of hydrogen-bond donors (Lipinski definition) is 8. The summed E-state index contributed by atoms with van der Waals surface area (Å²) in [6, 6.07) is -1.20. The SMILES string of the molecule is CCCCCCCC/C=C/CC/C=C/CCCC(O)C(O)C(COC1OC(CO)C(O)C(O)C1O)NC(=O)C(O)CCCCCCCC/C=C\C/C=C\CCCCCCCCCCC. The molecular weight excluding hydrogens is 811 g/mol. The number of amides is 1. The quantitative estimate of drug-likeness (QED) is 0.0216. The van der Waals surface area contributed by atoms with E-state index < -0.39 is 74.2 Å². The predicted octanol–water partition coefficient (Wildman–Crippen LogP) is 9.73. The number of rotatable bonds is 43. The van der Waals surface area contributed by atoms with Gasteiger partial charge in [0.25, 0.3) is 0 Å². The molecule has 9 unspecified atom stereocenters. The average molecular weight is 908 g/mol. The minimum atomic E-state index is -1.67. The van der Waals surface area contributed by atoms with Crippen LogP contribution < -0.4 is 5.32 Å². The lowest BCUT2D eigenvalue weighted by Crippen LogP contribution is -2.60. The molecule has 0 aromatic rings. The maximum Gasteiger partial charge on any atom is 0.249 e. The van der Waals surface area contributed by atoms with Crippen LogP contribution in [0.3, 0.4) is 0 Å². The van der Waals surface area contributed by atoms with Crippen LogP contribution in [-0.4, -0.2) is 110 Å². The van der Waals surface area contributed by atoms with E-state index in [0.29, 0.717) is 19.3 Å². The molecule has 0 aromatic carbocycles. The molecule has 0 bridgehead atoms. The molecule has 8 N–H and O–H groups in total. The Kier molecular flexibility index (Phi) is 39.8. The number of unbranched alkanes of at least 4 members (excludes halogenated alkanes) is 23. The van der Waals surface area contributed by atoms with Gasteiger partial charge in [-0.15, -0.1) is 0 Å². The van der Waals surface area contributed by atoms with E-state index in [1.807, 2.05) is 0 Å². The lowest BCUT2D eigenvalue weighted by Gasteiger charge is -2.40. The van der Waals surface area contributed by atoms with E-state index in [9.17, 15) is 40.5 Å². The topological polar surface area (TPSA) is 189 Å². The van der Waals surface area contributed by atoms with E-state index in [0.717, 1.165) is 64.2 Å². The largest absolute Gasteiger partial charge is 0.394 e. The van der Waals surface area contributed by atoms with Crippen LogP contribution in [0, 0.1) is 0 Å². The Morgan fingerprint density at radius 2 is 0.984 bits per heavy atom. The van der Waals surface area contributed by atoms with E-state index in [-0.39, 0.29) is 12.8 Å². The number of carbonyl (C=O) groups is 1. The standard InChI is InChI=1S/C53H97NO10/c1-3-5-7-9-11-13-15-17-19-20-21-22-23-24-25-27-29-31-33-35-37-39-41-46(57)52(62)54-44(43-63-53-51(61)50(60)49(59)47(42-55)64-53)48(58)45(56)40-38-36-34-32-30-28-26-18-16-14-12-10-8-6-4-2/h18,21-22,24-26,32,34,44-51,53,55-61H,3-17,19-20,23,27-31,33,35-43H2,1-2H3,(H,54,62)/b22-21-,25-24-,26-18+,34-32+. The third kappa shape index (κ3) is 31.1. The Bertz CT molecular complexity index is 1180. The minimum Gasteiger partial charge on any atom is -0.394 e. The summed E-state index contributed by atoms with van der Waals surface area (Å²) in [5, 5.41) is 75.8. The first-order chi connectivity index (χ1) is 31.2. The molecule has 0 spiro atoms. The molecule has 0 aliphatic carbocycles. The predicted molar refractivity (Wildman–Crippen MR) is 261 cm³/mol. The molecule has 0 aromatic heterocycles. The van der Waals surface area contributed by atoms with Gasteiger partial charge in [-0.25, -0.2) is 0 Å². The first-order valence-electron chi connectivity index (χ1n) is 26.0. The van der Waals surface area contributed by atoms with Crippen molar-refractivity contribution in [3.63, 3.8) is 0 Å². The first-order valence-corrected chi connectivity index (χ1v) is 26.0. The summed E-state index contributed by atoms with van der Waals surface area (Å²) in [6.45, 7) is 3.41. The first kappa shape index (κ1) is 60.1. The van der Waals surface area contributed by atoms with E-state index in [2.05, 4.69) is 67.8 Å². The van der Waals surface area contributed by atoms with Crippen LogP contribution in [0.4, 0.5) is 0 Å². The molecule has 0 saturated carbocycles. The van der Waals surface area contributed by atoms with Gasteiger partial charge >= 0.3 is 0 Å². The van der Waals surface area contributed by atoms with Gasteiger partial charge < -0.3 is 50.5 Å². The van der Waals surface area contributed by atoms with Crippen molar-refractivity contribution in [2.24, 2.45) is 0 Å². The van der Waals surface area contributed by atoms with Crippen LogP contribution >= 0.6 is 0 Å². The molecule has 374 valence electrons. The minimum absolute atomic E-state index is 0.238. The number of aliphatic hydroxyl groups is 7. The monoisotopic (exact) mass is 908 g/mol. The highest BCUT2D eigenvalue weighted by molar-refractivity contribution is 5.80. The Morgan fingerprint density at radius 3 is 1.48 bits per heavy atom. The molecule has 1 amide bonds. The van der Waals surface area contributed by atoms with Crippen molar-refractivity contribution in [1.82, 2.24) is 5.32 Å². The summed E-state index contributed by atoms with van der Waals surface area (Å²) in [5.74, 6) is -0.720. The van der Waals surface area contributed by atoms with E-state index in [1.165, 1.54) is 103 Å². The van der Waals surface area contributed by atoms with Gasteiger partial charge in [-0.1, -0.05) is 178 Å². The lowest BCUT2D eigenvalue weighted by molar-refractivity contribution is -0.303. The van der Waals surface area contributed by atoms with Crippen molar-refractivity contribution in [2.75, 3.05) is 13.2 Å². The van der Waals surface area contributed by atoms with Crippen LogP contribution in [0.15, 0.2) is 48.6 Å². The summed E-state index contributed by atoms with van der Waals surface area (Å²) < 4.78 is 11.1. The van der Waals surface area contributed by atoms with Crippen LogP contribution in [0.5, 0.6) is 0 Å². The smallest absolute Gasteiger partial charge is 0.249 e. The highest BCUT2D eigenvalue weighted by Gasteiger charge is 2.44. The van der Waals surface area contributed by atoms with Crippen molar-refractivity contribution in [1.29, 1.82) is 0 Å². The molecule has 11 heteroatoms. The van der Waals surface area contributed by atoms with Gasteiger partial charge in [-0.3, -0.25) is 4.79 Å². The Labute approximate surface area is 389 Å². The molecule has 64 heavy (non-hydrogen) atoms. The third-order valence-corrected chi connectivity index (χ3v) is 12.3. The highest BCUT2D eigenvalue weighted by Crippen LogP contribution is 2.23. The van der Waals surface area contributed by atoms with E-state index >= 15 is 0 Å². The zero-order valence-electron chi connectivity index (χ0n) is 40.5. The zero-order chi connectivity index (χ0) is 46.9. The number of carbonyl (C=O) groups excluding carboxylic acids is 1. The summed E-state index contributed by atoms with van der Waals surface area (Å²) in [6.07, 6.45) is 40.1. The molecule has 1 rings (SSSR count). The fourth-order valence-electron chi connectivity index (χ4n) is 8.02. The Balaban J connectivity index is 2.41. The summed E-state index contributed by atoms with van der Waals surface area (Å²) >= 11 is 0. The van der Waals surface area contributed by atoms with Gasteiger partial charge in [-0.05, 0) is 83.5 Å². The van der Waals surface area contributed by atoms with Gasteiger partial charge in [0, 0.05) is 0 Å². The normalized spacial score (nSPS) is 21.4. The molecule has 1 aliphatic heterocycles. The van der Waals surface area contributed by atoms with Gasteiger partial charge in [0.2, 0.25) is 5.91 Å². The summed E-state index contributed by atoms with van der Waals surface area (Å²) in [5.41, 5.74) is 0. The molecule has 1 saturated heterocycles. The number of hydrogen-bond acceptors (Lipinski definition) is 10. The second-order valence-corrected chi connectivity index (χ2v) is 18.2. The van der Waals surface area contributed by atoms with Gasteiger partial charge in [0.05, 0.1) is 25.4 Å². The average Bonchev–Trinajstić information content (AvgIpc) is 3.29. The molecule has 0 radical (unpaired) electrons. The molecule has 9 atom stereocenters. The highest BCUT2D eigenvalue weighted by atomic mass is 16.7. The van der Waals surface area contributed by atoms with Crippen molar-refractivity contribution < 1.29 is 50.0 Å². The molecule has 1 fully saturated rings. The van der Waals surface area contributed by atoms with Gasteiger partial charge in [-0.2, -0.15) is 0 Å². The molecule has 1 aliphatic rings. The second-order valence-electron chi connectivity index (χ2n) is 18.2. The van der Waals surface area contributed by atoms with E-state index in [1.54, 1.807) is 0 Å². The maximum absolute atomic E-state index is 13.1. The van der Waals surface area contributed by atoms with Crippen LogP contribution in [0.2, 0.25) is 0 Å². The summed E-state index contributed by atoms with van der Waals surface area (Å²) in [7, 11) is 0. The van der Waals surface area contributed by atoms with Crippen molar-refractivity contribution in [2.45, 2.75) is 268 Å². The van der Waals surface area contributed by atoms with Crippen molar-refractivity contribution in [3.8, 4) is 0 Å². The maximum atomic E-state index is 13.1. The van der Waals surface area contributed by atoms with Crippen LogP contribution in [0.25, 0.3) is 0 Å². The van der Waals surface area contributed by atoms with Crippen LogP contribution in [-0.2, 0) is 14.3 Å². The van der Waals surface area contributed by atoms with Gasteiger partial charge in [0.15, 0.2) is 6.29 Å². The fourth-order valence-corrected chi connectivity index (χ4v) is 8.02. The molecule has 11 nitrogen and oxygen atoms in total. The Morgan fingerprint density at radius 1 is 0.547 bits per heavy atom. The number of ether oxygens (including phenoxy) is 2. The number of allylic oxidation sites excluding steroid dienone is 8. The van der Waals surface area contributed by atoms with Gasteiger partial charge in [0.1, 0.15) is 36.6 Å². The van der Waals surface area contributed by atoms with Crippen molar-refractivity contribution >= 4 is 5.91 Å². The fraction of sp³-hybridized carbons (Fsp3) is 0.830. The second kappa shape index (κ2) is 42.4. The van der Waals surface area contributed by atoms with E-state index in [4.69, 9.17) is 9.47 Å². The van der Waals surface area contributed by atoms with Crippen molar-refractivity contribution in [3.05, 3.63) is 48.6 Å². The number of aliphatic hydroxyl groups excluding tert-OH is 7. The summed E-state index contributed by atoms with van der Waals surface area (Å²) in [4.78, 5) is 13.1. The zero-order valence-corrected chi connectivity index (χ0v) is 40.5. The molecule has 1 heterocycles. The molecular formula is C53H97NO10. The third-order valence-electron chi connectivity index (χ3n) is 12.3. The van der Waals surface area contributed by atoms with Crippen LogP contribution in [0.1, 0.15) is 213 Å². The Hall–Kier alpha value is -1.93.